The minimum absolute atomic E-state index is 0.416. The van der Waals surface area contributed by atoms with Crippen molar-refractivity contribution in [3.63, 3.8) is 0 Å². The third-order valence-corrected chi connectivity index (χ3v) is 3.49. The largest absolute Gasteiger partial charge is 0.228 e. The molecule has 16 heavy (non-hydrogen) atoms. The first-order valence-corrected chi connectivity index (χ1v) is 6.03. The number of aryl methyl sites for hydroxylation is 1. The SMILES string of the molecule is Cc1cnc(F)cc1SCc1ccccc1. The maximum Gasteiger partial charge on any atom is 0.213 e. The summed E-state index contributed by atoms with van der Waals surface area (Å²) in [5.74, 6) is 0.437. The van der Waals surface area contributed by atoms with Gasteiger partial charge >= 0.3 is 0 Å². The smallest absolute Gasteiger partial charge is 0.213 e. The third kappa shape index (κ3) is 2.83. The van der Waals surface area contributed by atoms with E-state index < -0.39 is 5.95 Å². The standard InChI is InChI=1S/C13H12FNS/c1-10-8-15-13(14)7-12(10)16-9-11-5-3-2-4-6-11/h2-8H,9H2,1H3. The van der Waals surface area contributed by atoms with Crippen molar-refractivity contribution in [3.05, 3.63) is 59.7 Å². The average Bonchev–Trinajstić information content (AvgIpc) is 2.32. The normalized spacial score (nSPS) is 10.4. The van der Waals surface area contributed by atoms with Gasteiger partial charge in [-0.15, -0.1) is 11.8 Å². The van der Waals surface area contributed by atoms with Crippen molar-refractivity contribution in [2.75, 3.05) is 0 Å². The molecule has 0 aliphatic carbocycles. The first kappa shape index (κ1) is 11.1. The van der Waals surface area contributed by atoms with Crippen molar-refractivity contribution in [3.8, 4) is 0 Å². The first-order valence-electron chi connectivity index (χ1n) is 5.04. The summed E-state index contributed by atoms with van der Waals surface area (Å²) in [5.41, 5.74) is 2.26. The number of rotatable bonds is 3. The van der Waals surface area contributed by atoms with E-state index in [0.29, 0.717) is 0 Å². The monoisotopic (exact) mass is 233 g/mol. The average molecular weight is 233 g/mol. The predicted molar refractivity (Wildman–Crippen MR) is 64.9 cm³/mol. The minimum Gasteiger partial charge on any atom is -0.228 e. The molecular weight excluding hydrogens is 221 g/mol. The molecular formula is C13H12FNS. The van der Waals surface area contributed by atoms with E-state index in [4.69, 9.17) is 0 Å². The highest BCUT2D eigenvalue weighted by molar-refractivity contribution is 7.98. The number of aromatic nitrogens is 1. The van der Waals surface area contributed by atoms with E-state index in [-0.39, 0.29) is 0 Å². The van der Waals surface area contributed by atoms with Crippen molar-refractivity contribution in [1.82, 2.24) is 4.98 Å². The van der Waals surface area contributed by atoms with Crippen LogP contribution < -0.4 is 0 Å². The quantitative estimate of drug-likeness (QED) is 0.590. The molecule has 2 rings (SSSR count). The summed E-state index contributed by atoms with van der Waals surface area (Å²) in [6.07, 6.45) is 1.57. The molecule has 0 N–H and O–H groups in total. The van der Waals surface area contributed by atoms with Gasteiger partial charge in [0, 0.05) is 22.9 Å². The molecule has 2 aromatic rings. The van der Waals surface area contributed by atoms with Gasteiger partial charge in [-0.1, -0.05) is 30.3 Å². The maximum absolute atomic E-state index is 12.9. The fourth-order valence-corrected chi connectivity index (χ4v) is 2.35. The van der Waals surface area contributed by atoms with Crippen LogP contribution in [0, 0.1) is 12.9 Å². The van der Waals surface area contributed by atoms with Crippen LogP contribution in [-0.2, 0) is 5.75 Å². The van der Waals surface area contributed by atoms with Crippen molar-refractivity contribution < 1.29 is 4.39 Å². The highest BCUT2D eigenvalue weighted by Crippen LogP contribution is 2.25. The van der Waals surface area contributed by atoms with Crippen LogP contribution in [0.2, 0.25) is 0 Å². The fourth-order valence-electron chi connectivity index (χ4n) is 1.37. The Morgan fingerprint density at radius 3 is 2.75 bits per heavy atom. The molecule has 0 bridgehead atoms. The summed E-state index contributed by atoms with van der Waals surface area (Å²) < 4.78 is 12.9. The van der Waals surface area contributed by atoms with E-state index in [9.17, 15) is 4.39 Å². The Kier molecular flexibility index (Phi) is 3.57. The molecule has 0 unspecified atom stereocenters. The Morgan fingerprint density at radius 1 is 1.25 bits per heavy atom. The molecule has 0 aliphatic rings. The van der Waals surface area contributed by atoms with E-state index in [0.717, 1.165) is 16.2 Å². The van der Waals surface area contributed by atoms with Gasteiger partial charge in [-0.3, -0.25) is 0 Å². The van der Waals surface area contributed by atoms with E-state index in [2.05, 4.69) is 17.1 Å². The van der Waals surface area contributed by atoms with Crippen LogP contribution in [-0.4, -0.2) is 4.98 Å². The lowest BCUT2D eigenvalue weighted by molar-refractivity contribution is 0.578. The zero-order chi connectivity index (χ0) is 11.4. The molecule has 3 heteroatoms. The summed E-state index contributed by atoms with van der Waals surface area (Å²) in [4.78, 5) is 4.57. The fraction of sp³-hybridized carbons (Fsp3) is 0.154. The van der Waals surface area contributed by atoms with E-state index in [1.54, 1.807) is 18.0 Å². The zero-order valence-corrected chi connectivity index (χ0v) is 9.80. The van der Waals surface area contributed by atoms with Gasteiger partial charge in [0.25, 0.3) is 0 Å². The predicted octanol–water partition coefficient (Wildman–Crippen LogP) is 3.82. The lowest BCUT2D eigenvalue weighted by atomic mass is 10.2. The molecule has 1 nitrogen and oxygen atoms in total. The lowest BCUT2D eigenvalue weighted by Gasteiger charge is -2.05. The van der Waals surface area contributed by atoms with Gasteiger partial charge in [0.2, 0.25) is 5.95 Å². The highest BCUT2D eigenvalue weighted by atomic mass is 32.2. The Morgan fingerprint density at radius 2 is 2.00 bits per heavy atom. The van der Waals surface area contributed by atoms with Crippen molar-refractivity contribution >= 4 is 11.8 Å². The van der Waals surface area contributed by atoms with Gasteiger partial charge in [0.05, 0.1) is 0 Å². The topological polar surface area (TPSA) is 12.9 Å². The van der Waals surface area contributed by atoms with Gasteiger partial charge < -0.3 is 0 Å². The van der Waals surface area contributed by atoms with Gasteiger partial charge in [-0.05, 0) is 18.1 Å². The van der Waals surface area contributed by atoms with Crippen LogP contribution in [0.4, 0.5) is 4.39 Å². The molecule has 0 saturated carbocycles. The highest BCUT2D eigenvalue weighted by Gasteiger charge is 2.02. The minimum atomic E-state index is -0.416. The zero-order valence-electron chi connectivity index (χ0n) is 8.98. The molecule has 0 spiro atoms. The van der Waals surface area contributed by atoms with Gasteiger partial charge in [0.15, 0.2) is 0 Å². The molecule has 82 valence electrons. The Hall–Kier alpha value is -1.35. The second kappa shape index (κ2) is 5.12. The van der Waals surface area contributed by atoms with Crippen LogP contribution in [0.25, 0.3) is 0 Å². The van der Waals surface area contributed by atoms with E-state index >= 15 is 0 Å². The van der Waals surface area contributed by atoms with E-state index in [1.165, 1.54) is 11.6 Å². The van der Waals surface area contributed by atoms with Crippen molar-refractivity contribution in [2.45, 2.75) is 17.6 Å². The number of halogens is 1. The summed E-state index contributed by atoms with van der Waals surface area (Å²) >= 11 is 1.63. The maximum atomic E-state index is 12.9. The molecule has 1 aromatic carbocycles. The number of nitrogens with zero attached hydrogens (tertiary/aromatic N) is 1. The molecule has 0 amide bonds. The molecule has 0 aliphatic heterocycles. The lowest BCUT2D eigenvalue weighted by Crippen LogP contribution is -1.88. The van der Waals surface area contributed by atoms with E-state index in [1.807, 2.05) is 25.1 Å². The first-order chi connectivity index (χ1) is 7.75. The number of hydrogen-bond donors (Lipinski definition) is 0. The number of hydrogen-bond acceptors (Lipinski definition) is 2. The molecule has 0 atom stereocenters. The second-order valence-electron chi connectivity index (χ2n) is 3.55. The summed E-state index contributed by atoms with van der Waals surface area (Å²) in [7, 11) is 0. The Bertz CT molecular complexity index is 471. The summed E-state index contributed by atoms with van der Waals surface area (Å²) in [5, 5.41) is 0. The Balaban J connectivity index is 2.08. The Labute approximate surface area is 98.7 Å². The van der Waals surface area contributed by atoms with Crippen LogP contribution in [0.5, 0.6) is 0 Å². The van der Waals surface area contributed by atoms with Crippen molar-refractivity contribution in [1.29, 1.82) is 0 Å². The van der Waals surface area contributed by atoms with Crippen LogP contribution >= 0.6 is 11.8 Å². The van der Waals surface area contributed by atoms with Crippen molar-refractivity contribution in [2.24, 2.45) is 0 Å². The molecule has 1 aromatic heterocycles. The second-order valence-corrected chi connectivity index (χ2v) is 4.56. The van der Waals surface area contributed by atoms with Crippen LogP contribution in [0.15, 0.2) is 47.5 Å². The summed E-state index contributed by atoms with van der Waals surface area (Å²) in [6, 6.07) is 11.6. The molecule has 0 radical (unpaired) electrons. The molecule has 0 fully saturated rings. The van der Waals surface area contributed by atoms with Gasteiger partial charge in [-0.25, -0.2) is 4.98 Å². The van der Waals surface area contributed by atoms with Gasteiger partial charge in [0.1, 0.15) is 0 Å². The number of benzene rings is 1. The molecule has 0 saturated heterocycles. The van der Waals surface area contributed by atoms with Gasteiger partial charge in [-0.2, -0.15) is 4.39 Å². The number of thioether (sulfide) groups is 1. The molecule has 1 heterocycles. The van der Waals surface area contributed by atoms with Crippen LogP contribution in [0.3, 0.4) is 0 Å². The summed E-state index contributed by atoms with van der Waals surface area (Å²) in [6.45, 7) is 1.94. The number of pyridine rings is 1. The third-order valence-electron chi connectivity index (χ3n) is 2.26. The van der Waals surface area contributed by atoms with Crippen LogP contribution in [0.1, 0.15) is 11.1 Å².